The average Bonchev–Trinajstić information content (AvgIpc) is 2.30. The van der Waals surface area contributed by atoms with Crippen molar-refractivity contribution in [3.63, 3.8) is 0 Å². The largest absolute Gasteiger partial charge is 0.448 e. The zero-order valence-electron chi connectivity index (χ0n) is 51.9. The first kappa shape index (κ1) is 68.8. The Bertz CT molecular complexity index is 2500. The molecule has 3 N–H and O–H groups in total. The highest BCUT2D eigenvalue weighted by Crippen LogP contribution is 2.50. The van der Waals surface area contributed by atoms with E-state index in [-0.39, 0.29) is 117 Å². The number of amides is 2. The monoisotopic (exact) mass is 1270 g/mol. The van der Waals surface area contributed by atoms with Gasteiger partial charge in [0.05, 0.1) is 130 Å². The van der Waals surface area contributed by atoms with Crippen molar-refractivity contribution < 1.29 is 86.2 Å². The van der Waals surface area contributed by atoms with Gasteiger partial charge in [-0.1, -0.05) is 58.9 Å². The van der Waals surface area contributed by atoms with E-state index in [1.165, 1.54) is 4.90 Å². The normalized spacial score (nSPS) is 35.2. The lowest BCUT2D eigenvalue weighted by molar-refractivity contribution is -0.280. The molecule has 8 saturated heterocycles. The van der Waals surface area contributed by atoms with E-state index in [0.717, 1.165) is 43.1 Å². The van der Waals surface area contributed by atoms with E-state index >= 15 is 0 Å². The predicted molar refractivity (Wildman–Crippen MR) is 329 cm³/mol. The van der Waals surface area contributed by atoms with Crippen LogP contribution < -0.4 is 10.2 Å². The molecule has 0 saturated carbocycles. The van der Waals surface area contributed by atoms with Crippen molar-refractivity contribution in [2.24, 2.45) is 22.9 Å². The number of nitrogens with one attached hydrogen (secondary N) is 1. The summed E-state index contributed by atoms with van der Waals surface area (Å²) >= 11 is 0. The second-order valence-corrected chi connectivity index (χ2v) is 28.6. The second kappa shape index (κ2) is 32.8. The summed E-state index contributed by atoms with van der Waals surface area (Å²) in [4.78, 5) is 44.2. The molecule has 8 aliphatic rings. The number of alkyl carbamates (subject to hydrolysis) is 1. The van der Waals surface area contributed by atoms with Crippen LogP contribution in [0, 0.1) is 17.8 Å². The number of benzene rings is 1. The second-order valence-electron chi connectivity index (χ2n) is 25.5. The molecule has 2 amide bonds. The minimum Gasteiger partial charge on any atom is -0.448 e. The van der Waals surface area contributed by atoms with E-state index in [1.807, 2.05) is 20.1 Å². The molecule has 8 aliphatic heterocycles. The van der Waals surface area contributed by atoms with E-state index in [4.69, 9.17) is 67.1 Å². The van der Waals surface area contributed by atoms with Crippen LogP contribution in [0.25, 0.3) is 10.4 Å². The molecule has 88 heavy (non-hydrogen) atoms. The fraction of sp³-hybridized carbons (Fsp3) is 0.794. The van der Waals surface area contributed by atoms with Gasteiger partial charge in [0.15, 0.2) is 5.79 Å². The predicted octanol–water partition coefficient (Wildman–Crippen LogP) is 8.73. The standard InChI is InChI=1S/C63H95N5O18S2/c1-38-28-45-13-15-49-39(2)29-46(80-49)18-19-63-33-48(71)58(86-63)55-32-56(85-63)59-51(82-55)17-16-50(84-59)42(35-69)10-14-47-53(31-52(81-45)40(38)3)83-54(57(47)74-6)30-44(70)34-65-60(72)78-36-41-8-11-43(12-9-41)68(61(73)79-37-62(4,5)88-87-7)21-23-76-25-27-77-26-24-75-22-20-66-67-64/h8-9,11-12,35,38,42,44-59,70-71H,2-3,10,13-34,36-37H2,1,4-7H3,(H,65,72)/t38-,42?,44+,45+,46+,47+,48-,49+,50-,51+,52-,53+,54-,55-,56-,57-,58+,59+,63-/m1/s1. The van der Waals surface area contributed by atoms with Gasteiger partial charge >= 0.3 is 12.2 Å². The lowest BCUT2D eigenvalue weighted by Crippen LogP contribution is -2.58. The van der Waals surface area contributed by atoms with Gasteiger partial charge in [0.1, 0.15) is 31.7 Å². The molecule has 0 aromatic heterocycles. The zero-order valence-corrected chi connectivity index (χ0v) is 53.5. The van der Waals surface area contributed by atoms with Crippen LogP contribution in [0.3, 0.4) is 0 Å². The fourth-order valence-electron chi connectivity index (χ4n) is 14.1. The van der Waals surface area contributed by atoms with Gasteiger partial charge in [-0.3, -0.25) is 4.90 Å². The SMILES string of the molecule is C=C1C[C@@H]2CC[C@]34C[C@@H](O)[C@H](O3)[C@H]3C[C@@H](O4)[C@H]4O[C@H](CC[C@@H]4O3)C(C=O)CC[C@@H]3[C@@H](OC)[C@@H](C[C@H](O)CNC(=O)OCc4ccc(N(CCOCCOCCOCCN=[N+]=[N-])C(=O)OCC(C)(C)SSC)cc4)O[C@H]3C[C@H]3O[C@@H](CC[C@@H]1O2)C[C@@H](C)C3=C. The average molecular weight is 1270 g/mol. The first-order chi connectivity index (χ1) is 42.5. The number of carbonyl (C=O) groups is 3. The van der Waals surface area contributed by atoms with Crippen molar-refractivity contribution in [1.29, 1.82) is 0 Å². The Hall–Kier alpha value is -3.60. The molecule has 8 fully saturated rings. The Kier molecular flexibility index (Phi) is 25.6. The van der Waals surface area contributed by atoms with Crippen molar-refractivity contribution in [3.8, 4) is 0 Å². The van der Waals surface area contributed by atoms with Crippen molar-refractivity contribution >= 4 is 45.7 Å². The number of methoxy groups -OCH3 is 1. The maximum Gasteiger partial charge on any atom is 0.414 e. The Labute approximate surface area is 525 Å². The number of hydrogen-bond donors (Lipinski definition) is 3. The summed E-state index contributed by atoms with van der Waals surface area (Å²) in [6.07, 6.45) is 3.99. The lowest BCUT2D eigenvalue weighted by Gasteiger charge is -2.48. The van der Waals surface area contributed by atoms with E-state index in [0.29, 0.717) is 102 Å². The van der Waals surface area contributed by atoms with Crippen LogP contribution in [0.15, 0.2) is 53.7 Å². The smallest absolute Gasteiger partial charge is 0.414 e. The van der Waals surface area contributed by atoms with Crippen LogP contribution >= 0.6 is 21.6 Å². The van der Waals surface area contributed by atoms with Gasteiger partial charge in [-0.25, -0.2) is 9.59 Å². The number of aldehydes is 1. The first-order valence-electron chi connectivity index (χ1n) is 31.7. The van der Waals surface area contributed by atoms with Crippen LogP contribution in [0.4, 0.5) is 15.3 Å². The molecule has 9 rings (SSSR count). The zero-order chi connectivity index (χ0) is 62.4. The fourth-order valence-corrected chi connectivity index (χ4v) is 16.1. The highest BCUT2D eigenvalue weighted by atomic mass is 33.1. The Morgan fingerprint density at radius 1 is 0.864 bits per heavy atom. The summed E-state index contributed by atoms with van der Waals surface area (Å²) in [5, 5.41) is 29.0. The summed E-state index contributed by atoms with van der Waals surface area (Å²) < 4.78 is 81.9. The third-order valence-corrected chi connectivity index (χ3v) is 21.2. The third-order valence-electron chi connectivity index (χ3n) is 18.6. The minimum absolute atomic E-state index is 0.0479. The number of ether oxygens (including phenoxy) is 13. The van der Waals surface area contributed by atoms with Gasteiger partial charge in [0.2, 0.25) is 0 Å². The Morgan fingerprint density at radius 3 is 2.36 bits per heavy atom. The molecule has 8 heterocycles. The molecule has 25 heteroatoms. The summed E-state index contributed by atoms with van der Waals surface area (Å²) in [5.41, 5.74) is 11.7. The number of carbonyl (C=O) groups excluding carboxylic acids is 3. The van der Waals surface area contributed by atoms with Crippen LogP contribution in [0.1, 0.15) is 116 Å². The van der Waals surface area contributed by atoms with Crippen LogP contribution in [0.2, 0.25) is 0 Å². The summed E-state index contributed by atoms with van der Waals surface area (Å²) in [7, 11) is 4.86. The van der Waals surface area contributed by atoms with Gasteiger partial charge in [0, 0.05) is 74.7 Å². The van der Waals surface area contributed by atoms with Gasteiger partial charge in [-0.2, -0.15) is 0 Å². The number of nitrogens with zero attached hydrogens (tertiary/aromatic N) is 4. The minimum atomic E-state index is -1.03. The molecule has 0 radical (unpaired) electrons. The van der Waals surface area contributed by atoms with Crippen molar-refractivity contribution in [3.05, 3.63) is 64.6 Å². The van der Waals surface area contributed by atoms with Crippen LogP contribution in [-0.2, 0) is 73.0 Å². The molecule has 23 nitrogen and oxygen atoms in total. The highest BCUT2D eigenvalue weighted by Gasteiger charge is 2.60. The Morgan fingerprint density at radius 2 is 1.61 bits per heavy atom. The van der Waals surface area contributed by atoms with Crippen LogP contribution in [0.5, 0.6) is 0 Å². The number of azide groups is 1. The van der Waals surface area contributed by atoms with E-state index in [2.05, 4.69) is 35.4 Å². The summed E-state index contributed by atoms with van der Waals surface area (Å²) in [6, 6.07) is 7.02. The number of fused-ring (bicyclic) bond motifs is 9. The van der Waals surface area contributed by atoms with Crippen LogP contribution in [-0.4, -0.2) is 210 Å². The third kappa shape index (κ3) is 18.4. The number of aliphatic hydroxyl groups is 2. The van der Waals surface area contributed by atoms with Crippen molar-refractivity contribution in [1.82, 2.24) is 5.32 Å². The van der Waals surface area contributed by atoms with E-state index < -0.39 is 60.5 Å². The van der Waals surface area contributed by atoms with Gasteiger partial charge in [-0.15, -0.1) is 0 Å². The van der Waals surface area contributed by atoms with Crippen molar-refractivity contribution in [2.45, 2.75) is 219 Å². The Balaban J connectivity index is 0.807. The highest BCUT2D eigenvalue weighted by molar-refractivity contribution is 8.77. The molecule has 10 bridgehead atoms. The number of hydrogen-bond acceptors (Lipinski definition) is 21. The van der Waals surface area contributed by atoms with Crippen molar-refractivity contribution in [2.75, 3.05) is 84.1 Å². The lowest BCUT2D eigenvalue weighted by atomic mass is 9.80. The number of rotatable bonds is 25. The van der Waals surface area contributed by atoms with Gasteiger partial charge < -0.3 is 81.9 Å². The topological polar surface area (TPSA) is 276 Å². The molecule has 1 aromatic rings. The molecule has 1 unspecified atom stereocenters. The molecular formula is C63H95N5O18S2. The number of aliphatic hydroxyl groups excluding tert-OH is 2. The molecule has 19 atom stereocenters. The molecule has 1 spiro atoms. The summed E-state index contributed by atoms with van der Waals surface area (Å²) in [6.45, 7) is 17.5. The van der Waals surface area contributed by atoms with Gasteiger partial charge in [-0.05, 0) is 118 Å². The van der Waals surface area contributed by atoms with Gasteiger partial charge in [0.25, 0.3) is 0 Å². The number of anilines is 1. The maximum absolute atomic E-state index is 13.5. The molecule has 0 aliphatic carbocycles. The quantitative estimate of drug-likeness (QED) is 0.0157. The molecule has 492 valence electrons. The maximum atomic E-state index is 13.5. The first-order valence-corrected chi connectivity index (χ1v) is 34.3. The summed E-state index contributed by atoms with van der Waals surface area (Å²) in [5.74, 6) is -1.46. The van der Waals surface area contributed by atoms with E-state index in [9.17, 15) is 24.6 Å². The van der Waals surface area contributed by atoms with E-state index in [1.54, 1.807) is 53.0 Å². The molecular weight excluding hydrogens is 1180 g/mol. The molecule has 1 aromatic carbocycles.